The Morgan fingerprint density at radius 2 is 1.91 bits per heavy atom. The lowest BCUT2D eigenvalue weighted by Crippen LogP contribution is -2.41. The molecule has 2 atom stereocenters. The molecule has 4 N–H and O–H groups in total. The highest BCUT2D eigenvalue weighted by Gasteiger charge is 2.39. The van der Waals surface area contributed by atoms with Gasteiger partial charge < -0.3 is 25.7 Å². The summed E-state index contributed by atoms with van der Waals surface area (Å²) in [6.07, 6.45) is 0.466. The van der Waals surface area contributed by atoms with Crippen molar-refractivity contribution in [2.24, 2.45) is 22.8 Å². The van der Waals surface area contributed by atoms with Crippen LogP contribution in [0.3, 0.4) is 0 Å². The van der Waals surface area contributed by atoms with E-state index in [4.69, 9.17) is 20.9 Å². The Balaban J connectivity index is 2.34. The summed E-state index contributed by atoms with van der Waals surface area (Å²) in [5.74, 6) is -1.66. The molecule has 2 unspecified atom stereocenters. The van der Waals surface area contributed by atoms with E-state index in [1.165, 1.54) is 30.5 Å². The summed E-state index contributed by atoms with van der Waals surface area (Å²) in [6.45, 7) is 9.34. The molecule has 2 aromatic rings. The maximum atomic E-state index is 14.8. The topological polar surface area (TPSA) is 151 Å². The Morgan fingerprint density at radius 3 is 2.49 bits per heavy atom. The van der Waals surface area contributed by atoms with Crippen molar-refractivity contribution in [1.29, 1.82) is 5.26 Å². The van der Waals surface area contributed by atoms with Crippen molar-refractivity contribution in [3.63, 3.8) is 0 Å². The Kier molecular flexibility index (Phi) is 8.77. The Bertz CT molecular complexity index is 1130. The summed E-state index contributed by atoms with van der Waals surface area (Å²) in [5, 5.41) is 9.68. The molecule has 0 bridgehead atoms. The zero-order valence-electron chi connectivity index (χ0n) is 20.6. The number of ether oxygens (including phenoxy) is 3. The second-order valence-corrected chi connectivity index (χ2v) is 9.62. The van der Waals surface area contributed by atoms with E-state index in [2.05, 4.69) is 9.72 Å². The van der Waals surface area contributed by atoms with E-state index in [1.807, 2.05) is 13.0 Å². The standard InChI is InChI=1S/C25H31FN4O5/c1-15(12-27)11-25(5,22(31)35-24(2,3)4)14-33-19-7-6-16(10-17(19)13-28)18-8-9-30-21(20(18)26)34-23(29)32/h6-10,15H,11-12,14,27H2,1-5H3,(H2,29,32). The van der Waals surface area contributed by atoms with Gasteiger partial charge in [0.1, 0.15) is 24.0 Å². The van der Waals surface area contributed by atoms with Gasteiger partial charge in [0.15, 0.2) is 5.82 Å². The second-order valence-electron chi connectivity index (χ2n) is 9.62. The van der Waals surface area contributed by atoms with E-state index in [9.17, 15) is 19.2 Å². The van der Waals surface area contributed by atoms with Gasteiger partial charge in [-0.25, -0.2) is 14.2 Å². The molecule has 0 spiro atoms. The minimum Gasteiger partial charge on any atom is -0.491 e. The summed E-state index contributed by atoms with van der Waals surface area (Å²) in [5.41, 5.74) is 9.51. The van der Waals surface area contributed by atoms with Gasteiger partial charge in [-0.15, -0.1) is 0 Å². The van der Waals surface area contributed by atoms with Crippen LogP contribution in [0.15, 0.2) is 30.5 Å². The quantitative estimate of drug-likeness (QED) is 0.506. The molecular weight excluding hydrogens is 455 g/mol. The van der Waals surface area contributed by atoms with Crippen LogP contribution >= 0.6 is 0 Å². The van der Waals surface area contributed by atoms with Gasteiger partial charge in [0.2, 0.25) is 0 Å². The van der Waals surface area contributed by atoms with Gasteiger partial charge >= 0.3 is 12.1 Å². The molecule has 0 saturated heterocycles. The lowest BCUT2D eigenvalue weighted by Gasteiger charge is -2.33. The molecule has 0 radical (unpaired) electrons. The molecule has 0 saturated carbocycles. The molecule has 1 heterocycles. The number of pyridine rings is 1. The number of aromatic nitrogens is 1. The van der Waals surface area contributed by atoms with Crippen LogP contribution in [0.5, 0.6) is 11.6 Å². The molecule has 0 aliphatic rings. The van der Waals surface area contributed by atoms with Gasteiger partial charge in [-0.3, -0.25) is 4.79 Å². The molecule has 188 valence electrons. The lowest BCUT2D eigenvalue weighted by atomic mass is 9.82. The van der Waals surface area contributed by atoms with E-state index in [-0.39, 0.29) is 29.4 Å². The van der Waals surface area contributed by atoms with Crippen LogP contribution in [-0.4, -0.2) is 35.8 Å². The summed E-state index contributed by atoms with van der Waals surface area (Å²) in [7, 11) is 0. The van der Waals surface area contributed by atoms with Gasteiger partial charge in [0.25, 0.3) is 5.88 Å². The molecule has 1 aromatic heterocycles. The van der Waals surface area contributed by atoms with Crippen molar-refractivity contribution < 1.29 is 28.2 Å². The van der Waals surface area contributed by atoms with E-state index < -0.39 is 34.8 Å². The highest BCUT2D eigenvalue weighted by atomic mass is 19.1. The summed E-state index contributed by atoms with van der Waals surface area (Å²) < 4.78 is 30.9. The monoisotopic (exact) mass is 486 g/mol. The summed E-state index contributed by atoms with van der Waals surface area (Å²) in [6, 6.07) is 7.86. The van der Waals surface area contributed by atoms with Crippen LogP contribution in [0.1, 0.15) is 46.6 Å². The van der Waals surface area contributed by atoms with E-state index in [0.717, 1.165) is 0 Å². The number of nitriles is 1. The first-order chi connectivity index (χ1) is 16.3. The first-order valence-electron chi connectivity index (χ1n) is 11.0. The predicted octanol–water partition coefficient (Wildman–Crippen LogP) is 3.93. The molecule has 0 aliphatic heterocycles. The molecule has 10 heteroatoms. The van der Waals surface area contributed by atoms with E-state index in [0.29, 0.717) is 18.5 Å². The number of rotatable bonds is 9. The van der Waals surface area contributed by atoms with Gasteiger partial charge in [0, 0.05) is 11.8 Å². The summed E-state index contributed by atoms with van der Waals surface area (Å²) in [4.78, 5) is 27.6. The third kappa shape index (κ3) is 7.39. The van der Waals surface area contributed by atoms with Crippen molar-refractivity contribution in [3.8, 4) is 28.8 Å². The maximum absolute atomic E-state index is 14.8. The molecule has 0 fully saturated rings. The number of halogens is 1. The fraction of sp³-hybridized carbons (Fsp3) is 0.440. The molecule has 35 heavy (non-hydrogen) atoms. The van der Waals surface area contributed by atoms with Crippen molar-refractivity contribution in [2.45, 2.75) is 46.6 Å². The number of benzene rings is 1. The maximum Gasteiger partial charge on any atom is 0.411 e. The Hall–Kier alpha value is -3.71. The van der Waals surface area contributed by atoms with Gasteiger partial charge in [-0.2, -0.15) is 5.26 Å². The fourth-order valence-electron chi connectivity index (χ4n) is 3.42. The number of primary amides is 1. The first-order valence-corrected chi connectivity index (χ1v) is 11.0. The molecule has 9 nitrogen and oxygen atoms in total. The molecule has 1 amide bonds. The van der Waals surface area contributed by atoms with Crippen molar-refractivity contribution in [1.82, 2.24) is 4.98 Å². The largest absolute Gasteiger partial charge is 0.491 e. The molecule has 1 aromatic carbocycles. The van der Waals surface area contributed by atoms with Crippen LogP contribution in [0.4, 0.5) is 9.18 Å². The van der Waals surface area contributed by atoms with Crippen molar-refractivity contribution in [2.75, 3.05) is 13.2 Å². The van der Waals surface area contributed by atoms with Gasteiger partial charge in [-0.1, -0.05) is 13.0 Å². The Morgan fingerprint density at radius 1 is 1.23 bits per heavy atom. The van der Waals surface area contributed by atoms with Crippen molar-refractivity contribution in [3.05, 3.63) is 41.8 Å². The zero-order valence-corrected chi connectivity index (χ0v) is 20.6. The number of hydrogen-bond donors (Lipinski definition) is 2. The second kappa shape index (κ2) is 11.1. The smallest absolute Gasteiger partial charge is 0.411 e. The minimum atomic E-state index is -1.20. The van der Waals surface area contributed by atoms with Crippen LogP contribution < -0.4 is 20.9 Å². The third-order valence-corrected chi connectivity index (χ3v) is 5.10. The number of carbonyl (C=O) groups excluding carboxylic acids is 2. The number of carbonyl (C=O) groups is 2. The normalized spacial score (nSPS) is 13.8. The van der Waals surface area contributed by atoms with E-state index in [1.54, 1.807) is 27.7 Å². The van der Waals surface area contributed by atoms with Crippen LogP contribution in [0.25, 0.3) is 11.1 Å². The predicted molar refractivity (Wildman–Crippen MR) is 127 cm³/mol. The van der Waals surface area contributed by atoms with Gasteiger partial charge in [-0.05, 0) is 70.3 Å². The highest BCUT2D eigenvalue weighted by Crippen LogP contribution is 2.34. The molecule has 0 aliphatic carbocycles. The SMILES string of the molecule is CC(CN)CC(C)(COc1ccc(-c2ccnc(OC(N)=O)c2F)cc1C#N)C(=O)OC(C)(C)C. The molecule has 2 rings (SSSR count). The number of amides is 1. The lowest BCUT2D eigenvalue weighted by molar-refractivity contribution is -0.169. The van der Waals surface area contributed by atoms with Gasteiger partial charge in [0.05, 0.1) is 11.0 Å². The Labute approximate surface area is 204 Å². The fourth-order valence-corrected chi connectivity index (χ4v) is 3.42. The number of esters is 1. The first kappa shape index (κ1) is 27.5. The highest BCUT2D eigenvalue weighted by molar-refractivity contribution is 5.77. The number of hydrogen-bond acceptors (Lipinski definition) is 8. The van der Waals surface area contributed by atoms with Crippen molar-refractivity contribution >= 4 is 12.1 Å². The third-order valence-electron chi connectivity index (χ3n) is 5.10. The molecular formula is C25H31FN4O5. The minimum absolute atomic E-state index is 0.0282. The summed E-state index contributed by atoms with van der Waals surface area (Å²) >= 11 is 0. The van der Waals surface area contributed by atoms with Crippen LogP contribution in [0.2, 0.25) is 0 Å². The average Bonchev–Trinajstić information content (AvgIpc) is 2.77. The number of nitrogens with zero attached hydrogens (tertiary/aromatic N) is 2. The average molecular weight is 487 g/mol. The zero-order chi connectivity index (χ0) is 26.4. The van der Waals surface area contributed by atoms with Crippen LogP contribution in [0, 0.1) is 28.5 Å². The van der Waals surface area contributed by atoms with Crippen LogP contribution in [-0.2, 0) is 9.53 Å². The van der Waals surface area contributed by atoms with E-state index >= 15 is 0 Å². The number of nitrogens with two attached hydrogens (primary N) is 2.